The second-order valence-electron chi connectivity index (χ2n) is 5.88. The lowest BCUT2D eigenvalue weighted by atomic mass is 9.87. The number of ketones is 1. The molecule has 0 amide bonds. The number of aryl methyl sites for hydroxylation is 1. The average molecular weight is 293 g/mol. The van der Waals surface area contributed by atoms with Gasteiger partial charge < -0.3 is 4.74 Å². The highest BCUT2D eigenvalue weighted by atomic mass is 16.5. The summed E-state index contributed by atoms with van der Waals surface area (Å²) in [6.07, 6.45) is 6.05. The van der Waals surface area contributed by atoms with Crippen LogP contribution in [0.25, 0.3) is 0 Å². The molecule has 1 aliphatic rings. The lowest BCUT2D eigenvalue weighted by Gasteiger charge is -2.41. The summed E-state index contributed by atoms with van der Waals surface area (Å²) in [6.45, 7) is 8.81. The van der Waals surface area contributed by atoms with E-state index in [1.165, 1.54) is 19.3 Å². The highest BCUT2D eigenvalue weighted by Gasteiger charge is 2.41. The molecule has 1 fully saturated rings. The van der Waals surface area contributed by atoms with Crippen LogP contribution in [-0.4, -0.2) is 46.2 Å². The van der Waals surface area contributed by atoms with Gasteiger partial charge in [-0.05, 0) is 46.2 Å². The Kier molecular flexibility index (Phi) is 5.04. The highest BCUT2D eigenvalue weighted by molar-refractivity contribution is 6.03. The van der Waals surface area contributed by atoms with Gasteiger partial charge in [-0.15, -0.1) is 0 Å². The molecule has 1 atom stereocenters. The molecule has 0 bridgehead atoms. The van der Waals surface area contributed by atoms with Crippen molar-refractivity contribution in [3.8, 4) is 5.75 Å². The first kappa shape index (κ1) is 16.0. The van der Waals surface area contributed by atoms with Gasteiger partial charge in [0.2, 0.25) is 5.78 Å². The van der Waals surface area contributed by atoms with E-state index in [2.05, 4.69) is 23.8 Å². The van der Waals surface area contributed by atoms with Gasteiger partial charge >= 0.3 is 0 Å². The summed E-state index contributed by atoms with van der Waals surface area (Å²) < 4.78 is 7.10. The molecule has 1 saturated heterocycles. The second-order valence-corrected chi connectivity index (χ2v) is 5.88. The van der Waals surface area contributed by atoms with Crippen LogP contribution >= 0.6 is 0 Å². The summed E-state index contributed by atoms with van der Waals surface area (Å²) in [5, 5.41) is 4.27. The predicted molar refractivity (Wildman–Crippen MR) is 82.9 cm³/mol. The van der Waals surface area contributed by atoms with Crippen LogP contribution in [0.2, 0.25) is 0 Å². The molecule has 2 heterocycles. The van der Waals surface area contributed by atoms with E-state index >= 15 is 0 Å². The zero-order valence-electron chi connectivity index (χ0n) is 13.7. The maximum atomic E-state index is 13.2. The predicted octanol–water partition coefficient (Wildman–Crippen LogP) is 2.75. The largest absolute Gasteiger partial charge is 0.493 e. The van der Waals surface area contributed by atoms with E-state index in [1.807, 2.05) is 6.92 Å². The smallest absolute Gasteiger partial charge is 0.204 e. The quantitative estimate of drug-likeness (QED) is 0.757. The minimum Gasteiger partial charge on any atom is -0.493 e. The molecule has 1 aliphatic heterocycles. The van der Waals surface area contributed by atoms with Gasteiger partial charge in [-0.1, -0.05) is 13.3 Å². The highest BCUT2D eigenvalue weighted by Crippen LogP contribution is 2.31. The van der Waals surface area contributed by atoms with Crippen LogP contribution in [0.5, 0.6) is 5.75 Å². The Hall–Kier alpha value is -1.36. The molecule has 5 heteroatoms. The number of rotatable bonds is 6. The number of likely N-dealkylation sites (tertiary alicyclic amines) is 1. The van der Waals surface area contributed by atoms with E-state index in [9.17, 15) is 4.79 Å². The summed E-state index contributed by atoms with van der Waals surface area (Å²) in [5.41, 5.74) is 0.135. The molecule has 0 aliphatic carbocycles. The molecule has 5 nitrogen and oxygen atoms in total. The Morgan fingerprint density at radius 3 is 2.52 bits per heavy atom. The molecule has 1 unspecified atom stereocenters. The van der Waals surface area contributed by atoms with Crippen molar-refractivity contribution in [2.45, 2.75) is 58.5 Å². The van der Waals surface area contributed by atoms with Crippen LogP contribution in [-0.2, 0) is 6.54 Å². The van der Waals surface area contributed by atoms with Gasteiger partial charge in [0, 0.05) is 6.54 Å². The normalized spacial score (nSPS) is 19.2. The standard InChI is InChI=1S/C16H27N3O2/c1-5-16(3,18-10-8-7-9-11-18)15(20)14-13(21-4)12-17-19(14)6-2/h12H,5-11H2,1-4H3. The molecule has 21 heavy (non-hydrogen) atoms. The van der Waals surface area contributed by atoms with Crippen LogP contribution in [0, 0.1) is 0 Å². The maximum absolute atomic E-state index is 13.2. The molecular formula is C16H27N3O2. The first-order chi connectivity index (χ1) is 10.1. The van der Waals surface area contributed by atoms with Gasteiger partial charge in [-0.3, -0.25) is 14.4 Å². The fraction of sp³-hybridized carbons (Fsp3) is 0.750. The molecule has 1 aromatic heterocycles. The number of nitrogens with zero attached hydrogens (tertiary/aromatic N) is 3. The molecule has 0 N–H and O–H groups in total. The van der Waals surface area contributed by atoms with Crippen LogP contribution < -0.4 is 4.74 Å². The number of ether oxygens (including phenoxy) is 1. The average Bonchev–Trinajstić information content (AvgIpc) is 2.97. The van der Waals surface area contributed by atoms with Crippen molar-refractivity contribution in [1.29, 1.82) is 0 Å². The van der Waals surface area contributed by atoms with Crippen LogP contribution in [0.15, 0.2) is 6.20 Å². The third-order valence-corrected chi connectivity index (χ3v) is 4.77. The van der Waals surface area contributed by atoms with Crippen molar-refractivity contribution in [2.75, 3.05) is 20.2 Å². The lowest BCUT2D eigenvalue weighted by Crippen LogP contribution is -2.54. The van der Waals surface area contributed by atoms with Crippen molar-refractivity contribution in [2.24, 2.45) is 0 Å². The number of carbonyl (C=O) groups is 1. The van der Waals surface area contributed by atoms with E-state index in [0.717, 1.165) is 19.5 Å². The molecule has 0 saturated carbocycles. The Labute approximate surface area is 127 Å². The fourth-order valence-electron chi connectivity index (χ4n) is 3.16. The van der Waals surface area contributed by atoms with Crippen molar-refractivity contribution in [3.05, 3.63) is 11.9 Å². The summed E-state index contributed by atoms with van der Waals surface area (Å²) >= 11 is 0. The Morgan fingerprint density at radius 2 is 2.00 bits per heavy atom. The molecule has 118 valence electrons. The zero-order chi connectivity index (χ0) is 15.5. The number of aromatic nitrogens is 2. The van der Waals surface area contributed by atoms with E-state index < -0.39 is 5.54 Å². The fourth-order valence-corrected chi connectivity index (χ4v) is 3.16. The van der Waals surface area contributed by atoms with Gasteiger partial charge in [-0.2, -0.15) is 5.10 Å². The zero-order valence-corrected chi connectivity index (χ0v) is 13.7. The number of methoxy groups -OCH3 is 1. The number of hydrogen-bond donors (Lipinski definition) is 0. The van der Waals surface area contributed by atoms with Crippen molar-refractivity contribution in [1.82, 2.24) is 14.7 Å². The third kappa shape index (κ3) is 2.84. The number of piperidine rings is 1. The van der Waals surface area contributed by atoms with Gasteiger partial charge in [0.05, 0.1) is 18.8 Å². The molecule has 0 aromatic carbocycles. The summed E-state index contributed by atoms with van der Waals surface area (Å²) in [5.74, 6) is 0.710. The minimum absolute atomic E-state index is 0.128. The van der Waals surface area contributed by atoms with Gasteiger partial charge in [0.1, 0.15) is 5.69 Å². The van der Waals surface area contributed by atoms with Crippen LogP contribution in [0.1, 0.15) is 56.9 Å². The molecule has 1 aromatic rings. The van der Waals surface area contributed by atoms with Gasteiger partial charge in [0.25, 0.3) is 0 Å². The van der Waals surface area contributed by atoms with Crippen LogP contribution in [0.3, 0.4) is 0 Å². The maximum Gasteiger partial charge on any atom is 0.204 e. The monoisotopic (exact) mass is 293 g/mol. The number of hydrogen-bond acceptors (Lipinski definition) is 4. The first-order valence-electron chi connectivity index (χ1n) is 7.98. The lowest BCUT2D eigenvalue weighted by molar-refractivity contribution is 0.0492. The van der Waals surface area contributed by atoms with Crippen molar-refractivity contribution < 1.29 is 9.53 Å². The minimum atomic E-state index is -0.472. The first-order valence-corrected chi connectivity index (χ1v) is 7.98. The molecule has 2 rings (SSSR count). The number of Topliss-reactive ketones (excluding diaryl/α,β-unsaturated/α-hetero) is 1. The number of carbonyl (C=O) groups excluding carboxylic acids is 1. The summed E-state index contributed by atoms with van der Waals surface area (Å²) in [4.78, 5) is 15.6. The Morgan fingerprint density at radius 1 is 1.33 bits per heavy atom. The summed E-state index contributed by atoms with van der Waals surface area (Å²) in [6, 6.07) is 0. The molecule has 0 radical (unpaired) electrons. The van der Waals surface area contributed by atoms with Crippen molar-refractivity contribution >= 4 is 5.78 Å². The molecular weight excluding hydrogens is 266 g/mol. The SMILES string of the molecule is CCn1ncc(OC)c1C(=O)C(C)(CC)N1CCCCC1. The van der Waals surface area contributed by atoms with Crippen molar-refractivity contribution in [3.63, 3.8) is 0 Å². The van der Waals surface area contributed by atoms with Gasteiger partial charge in [0.15, 0.2) is 5.75 Å². The third-order valence-electron chi connectivity index (χ3n) is 4.77. The van der Waals surface area contributed by atoms with E-state index in [1.54, 1.807) is 18.0 Å². The van der Waals surface area contributed by atoms with E-state index in [-0.39, 0.29) is 5.78 Å². The topological polar surface area (TPSA) is 47.4 Å². The van der Waals surface area contributed by atoms with Crippen LogP contribution in [0.4, 0.5) is 0 Å². The Balaban J connectivity index is 2.37. The second kappa shape index (κ2) is 6.60. The molecule has 0 spiro atoms. The Bertz CT molecular complexity index is 470. The van der Waals surface area contributed by atoms with E-state index in [0.29, 0.717) is 18.0 Å². The van der Waals surface area contributed by atoms with Gasteiger partial charge in [-0.25, -0.2) is 0 Å². The van der Waals surface area contributed by atoms with E-state index in [4.69, 9.17) is 4.74 Å². The summed E-state index contributed by atoms with van der Waals surface area (Å²) in [7, 11) is 1.60.